The molecule has 2 aromatic rings. The van der Waals surface area contributed by atoms with Gasteiger partial charge in [-0.25, -0.2) is 0 Å². The molecule has 6 nitrogen and oxygen atoms in total. The second-order valence-corrected chi connectivity index (χ2v) is 11.6. The molecule has 176 valence electrons. The highest BCUT2D eigenvalue weighted by molar-refractivity contribution is 7.20. The average Bonchev–Trinajstić information content (AvgIpc) is 3.35. The number of rotatable bonds is 4. The third-order valence-corrected chi connectivity index (χ3v) is 9.14. The number of ether oxygens (including phenoxy) is 1. The number of nitrogens with zero attached hydrogens (tertiary/aromatic N) is 2. The number of amides is 1. The molecular weight excluding hydrogens is 420 g/mol. The van der Waals surface area contributed by atoms with Crippen molar-refractivity contribution in [3.63, 3.8) is 0 Å². The van der Waals surface area contributed by atoms with E-state index >= 15 is 0 Å². The normalized spacial score (nSPS) is 32.3. The standard InChI is InChI=1S/C25H38N4O2S/c1-16-14-26-15-25(3,31-16)18-9-11-19(12-10-18)27-23(30)22-13-21-17(2)28-29(24(21)32-22)20-7-5-4-6-8-20/h13,16,18-20,26H,4-12,14-15H2,1-3H3,(H,27,30)/t16-,18-,19+,25-/m0/s1. The molecule has 1 amide bonds. The first-order valence-corrected chi connectivity index (χ1v) is 13.4. The molecule has 5 rings (SSSR count). The molecule has 7 heteroatoms. The Balaban J connectivity index is 1.22. The van der Waals surface area contributed by atoms with Gasteiger partial charge >= 0.3 is 0 Å². The van der Waals surface area contributed by atoms with E-state index < -0.39 is 0 Å². The summed E-state index contributed by atoms with van der Waals surface area (Å²) in [6.07, 6.45) is 10.9. The number of hydrogen-bond acceptors (Lipinski definition) is 5. The molecule has 2 N–H and O–H groups in total. The lowest BCUT2D eigenvalue weighted by Crippen LogP contribution is -2.56. The van der Waals surface area contributed by atoms with E-state index in [9.17, 15) is 4.79 Å². The molecule has 0 unspecified atom stereocenters. The van der Waals surface area contributed by atoms with Crippen molar-refractivity contribution in [1.29, 1.82) is 0 Å². The fourth-order valence-electron chi connectivity index (χ4n) is 6.17. The van der Waals surface area contributed by atoms with E-state index in [1.165, 1.54) is 36.9 Å². The smallest absolute Gasteiger partial charge is 0.261 e. The Morgan fingerprint density at radius 1 is 1.22 bits per heavy atom. The summed E-state index contributed by atoms with van der Waals surface area (Å²) in [5, 5.41) is 12.8. The van der Waals surface area contributed by atoms with E-state index in [1.807, 2.05) is 0 Å². The minimum absolute atomic E-state index is 0.0827. The van der Waals surface area contributed by atoms with Crippen molar-refractivity contribution in [3.8, 4) is 0 Å². The summed E-state index contributed by atoms with van der Waals surface area (Å²) in [6, 6.07) is 2.81. The molecular formula is C25H38N4O2S. The van der Waals surface area contributed by atoms with Crippen LogP contribution in [-0.4, -0.2) is 46.5 Å². The van der Waals surface area contributed by atoms with Gasteiger partial charge in [0.25, 0.3) is 5.91 Å². The van der Waals surface area contributed by atoms with Crippen molar-refractivity contribution >= 4 is 27.5 Å². The molecule has 2 aliphatic carbocycles. The first-order valence-electron chi connectivity index (χ1n) is 12.6. The number of hydrogen-bond donors (Lipinski definition) is 2. The zero-order chi connectivity index (χ0) is 22.3. The van der Waals surface area contributed by atoms with Crippen LogP contribution in [0.1, 0.15) is 93.0 Å². The number of aromatic nitrogens is 2. The van der Waals surface area contributed by atoms with Gasteiger partial charge < -0.3 is 15.4 Å². The van der Waals surface area contributed by atoms with Crippen LogP contribution in [-0.2, 0) is 4.74 Å². The van der Waals surface area contributed by atoms with Crippen LogP contribution >= 0.6 is 11.3 Å². The maximum atomic E-state index is 13.1. The van der Waals surface area contributed by atoms with Crippen LogP contribution in [0.5, 0.6) is 0 Å². The molecule has 3 fully saturated rings. The van der Waals surface area contributed by atoms with Crippen LogP contribution in [0.25, 0.3) is 10.2 Å². The van der Waals surface area contributed by atoms with Crippen molar-refractivity contribution in [2.24, 2.45) is 5.92 Å². The third-order valence-electron chi connectivity index (χ3n) is 8.02. The Morgan fingerprint density at radius 3 is 2.69 bits per heavy atom. The van der Waals surface area contributed by atoms with Crippen LogP contribution in [0.2, 0.25) is 0 Å². The molecule has 3 heterocycles. The van der Waals surface area contributed by atoms with Gasteiger partial charge in [0, 0.05) is 24.5 Å². The van der Waals surface area contributed by atoms with Crippen molar-refractivity contribution in [1.82, 2.24) is 20.4 Å². The van der Waals surface area contributed by atoms with E-state index in [-0.39, 0.29) is 23.7 Å². The fraction of sp³-hybridized carbons (Fsp3) is 0.760. The van der Waals surface area contributed by atoms with E-state index in [0.717, 1.165) is 54.7 Å². The first kappa shape index (κ1) is 22.4. The van der Waals surface area contributed by atoms with Crippen LogP contribution in [0.3, 0.4) is 0 Å². The molecule has 1 aliphatic heterocycles. The molecule has 0 aromatic carbocycles. The molecule has 2 saturated carbocycles. The van der Waals surface area contributed by atoms with Gasteiger partial charge in [-0.2, -0.15) is 5.10 Å². The van der Waals surface area contributed by atoms with Crippen molar-refractivity contribution in [2.75, 3.05) is 13.1 Å². The first-order chi connectivity index (χ1) is 15.4. The van der Waals surface area contributed by atoms with Crippen LogP contribution in [0, 0.1) is 12.8 Å². The Morgan fingerprint density at radius 2 is 1.97 bits per heavy atom. The quantitative estimate of drug-likeness (QED) is 0.679. The maximum absolute atomic E-state index is 13.1. The van der Waals surface area contributed by atoms with E-state index in [2.05, 4.69) is 42.2 Å². The minimum atomic E-state index is -0.0827. The topological polar surface area (TPSA) is 68.2 Å². The number of aryl methyl sites for hydroxylation is 1. The van der Waals surface area contributed by atoms with Crippen molar-refractivity contribution in [2.45, 2.75) is 102 Å². The second-order valence-electron chi connectivity index (χ2n) is 10.5. The zero-order valence-electron chi connectivity index (χ0n) is 19.8. The Bertz CT molecular complexity index is 955. The van der Waals surface area contributed by atoms with E-state index in [1.54, 1.807) is 11.3 Å². The number of morpholine rings is 1. The Labute approximate surface area is 195 Å². The predicted octanol–water partition coefficient (Wildman–Crippen LogP) is 4.97. The number of carbonyl (C=O) groups excluding carboxylic acids is 1. The number of thiophene rings is 1. The lowest BCUT2D eigenvalue weighted by molar-refractivity contribution is -0.137. The number of fused-ring (bicyclic) bond motifs is 1. The molecule has 0 spiro atoms. The van der Waals surface area contributed by atoms with Gasteiger partial charge in [-0.05, 0) is 71.3 Å². The third kappa shape index (κ3) is 4.36. The van der Waals surface area contributed by atoms with Gasteiger partial charge in [0.15, 0.2) is 0 Å². The summed E-state index contributed by atoms with van der Waals surface area (Å²) >= 11 is 1.62. The summed E-state index contributed by atoms with van der Waals surface area (Å²) in [6.45, 7) is 8.35. The summed E-state index contributed by atoms with van der Waals surface area (Å²) in [7, 11) is 0. The van der Waals surface area contributed by atoms with Gasteiger partial charge in [0.05, 0.1) is 28.3 Å². The summed E-state index contributed by atoms with van der Waals surface area (Å²) in [4.78, 5) is 15.1. The van der Waals surface area contributed by atoms with Gasteiger partial charge in [-0.1, -0.05) is 19.3 Å². The van der Waals surface area contributed by atoms with Gasteiger partial charge in [-0.3, -0.25) is 9.48 Å². The van der Waals surface area contributed by atoms with Crippen molar-refractivity contribution < 1.29 is 9.53 Å². The van der Waals surface area contributed by atoms with Crippen molar-refractivity contribution in [3.05, 3.63) is 16.6 Å². The monoisotopic (exact) mass is 458 g/mol. The van der Waals surface area contributed by atoms with Gasteiger partial charge in [-0.15, -0.1) is 11.3 Å². The molecule has 2 atom stereocenters. The lowest BCUT2D eigenvalue weighted by atomic mass is 9.75. The molecule has 32 heavy (non-hydrogen) atoms. The van der Waals surface area contributed by atoms with E-state index in [4.69, 9.17) is 9.84 Å². The number of nitrogens with one attached hydrogen (secondary N) is 2. The average molecular weight is 459 g/mol. The van der Waals surface area contributed by atoms with E-state index in [0.29, 0.717) is 12.0 Å². The second kappa shape index (κ2) is 9.07. The summed E-state index contributed by atoms with van der Waals surface area (Å²) in [5.41, 5.74) is 0.964. The minimum Gasteiger partial charge on any atom is -0.369 e. The van der Waals surface area contributed by atoms with Crippen LogP contribution in [0.15, 0.2) is 6.07 Å². The maximum Gasteiger partial charge on any atom is 0.261 e. The SMILES string of the molecule is Cc1nn(C2CCCCC2)c2sc(C(=O)N[C@H]3CC[C@@H]([C@]4(C)CNC[C@H](C)O4)CC3)cc12. The summed E-state index contributed by atoms with van der Waals surface area (Å²) in [5.74, 6) is 0.638. The highest BCUT2D eigenvalue weighted by atomic mass is 32.1. The molecule has 0 radical (unpaired) electrons. The largest absolute Gasteiger partial charge is 0.369 e. The van der Waals surface area contributed by atoms with Crippen LogP contribution in [0.4, 0.5) is 0 Å². The fourth-order valence-corrected chi connectivity index (χ4v) is 7.31. The van der Waals surface area contributed by atoms with Gasteiger partial charge in [0.2, 0.25) is 0 Å². The zero-order valence-corrected chi connectivity index (χ0v) is 20.6. The highest BCUT2D eigenvalue weighted by Crippen LogP contribution is 2.38. The summed E-state index contributed by atoms with van der Waals surface area (Å²) < 4.78 is 8.56. The lowest BCUT2D eigenvalue weighted by Gasteiger charge is -2.46. The van der Waals surface area contributed by atoms with Crippen LogP contribution < -0.4 is 10.6 Å². The molecule has 1 saturated heterocycles. The Kier molecular flexibility index (Phi) is 6.34. The molecule has 3 aliphatic rings. The Hall–Kier alpha value is -1.44. The highest BCUT2D eigenvalue weighted by Gasteiger charge is 2.40. The molecule has 0 bridgehead atoms. The molecule has 2 aromatic heterocycles. The van der Waals surface area contributed by atoms with Gasteiger partial charge in [0.1, 0.15) is 4.83 Å². The predicted molar refractivity (Wildman–Crippen MR) is 130 cm³/mol. The number of carbonyl (C=O) groups is 1.